The van der Waals surface area contributed by atoms with Crippen LogP contribution in [0.1, 0.15) is 32.1 Å². The Kier molecular flexibility index (Phi) is 4.58. The summed E-state index contributed by atoms with van der Waals surface area (Å²) >= 11 is 0. The average molecular weight is 275 g/mol. The van der Waals surface area contributed by atoms with E-state index in [1.54, 1.807) is 0 Å². The van der Waals surface area contributed by atoms with Gasteiger partial charge in [0.2, 0.25) is 0 Å². The summed E-state index contributed by atoms with van der Waals surface area (Å²) in [5, 5.41) is 10.2. The van der Waals surface area contributed by atoms with Gasteiger partial charge in [0.15, 0.2) is 0 Å². The quantitative estimate of drug-likeness (QED) is 0.897. The molecule has 2 aliphatic rings. The maximum Gasteiger partial charge on any atom is 0.119 e. The molecule has 1 saturated heterocycles. The summed E-state index contributed by atoms with van der Waals surface area (Å²) in [7, 11) is 0. The van der Waals surface area contributed by atoms with Gasteiger partial charge in [-0.1, -0.05) is 31.0 Å². The van der Waals surface area contributed by atoms with E-state index >= 15 is 0 Å². The highest BCUT2D eigenvalue weighted by molar-refractivity contribution is 5.20. The Balaban J connectivity index is 1.45. The fourth-order valence-electron chi connectivity index (χ4n) is 3.76. The molecule has 3 unspecified atom stereocenters. The van der Waals surface area contributed by atoms with E-state index in [1.807, 2.05) is 30.3 Å². The van der Waals surface area contributed by atoms with E-state index in [0.717, 1.165) is 30.8 Å². The van der Waals surface area contributed by atoms with Crippen molar-refractivity contribution < 1.29 is 9.84 Å². The van der Waals surface area contributed by atoms with Crippen molar-refractivity contribution >= 4 is 0 Å². The molecule has 0 radical (unpaired) electrons. The summed E-state index contributed by atoms with van der Waals surface area (Å²) in [4.78, 5) is 2.49. The molecule has 3 atom stereocenters. The summed E-state index contributed by atoms with van der Waals surface area (Å²) in [6, 6.07) is 10.5. The fourth-order valence-corrected chi connectivity index (χ4v) is 3.76. The maximum absolute atomic E-state index is 10.2. The van der Waals surface area contributed by atoms with Crippen LogP contribution in [0.25, 0.3) is 0 Å². The number of nitrogens with zero attached hydrogens (tertiary/aromatic N) is 1. The zero-order valence-electron chi connectivity index (χ0n) is 12.1. The number of rotatable bonds is 5. The van der Waals surface area contributed by atoms with Crippen molar-refractivity contribution in [3.63, 3.8) is 0 Å². The molecule has 1 aromatic carbocycles. The summed E-state index contributed by atoms with van der Waals surface area (Å²) in [5.74, 6) is 1.72. The van der Waals surface area contributed by atoms with Crippen molar-refractivity contribution in [2.45, 2.75) is 44.2 Å². The fraction of sp³-hybridized carbons (Fsp3) is 0.647. The molecule has 0 aromatic heterocycles. The van der Waals surface area contributed by atoms with E-state index in [-0.39, 0.29) is 0 Å². The van der Waals surface area contributed by atoms with Crippen molar-refractivity contribution in [1.29, 1.82) is 0 Å². The number of hydrogen-bond donors (Lipinski definition) is 1. The number of aliphatic hydroxyl groups excluding tert-OH is 1. The van der Waals surface area contributed by atoms with Crippen LogP contribution < -0.4 is 4.74 Å². The van der Waals surface area contributed by atoms with Crippen LogP contribution in [0.3, 0.4) is 0 Å². The highest BCUT2D eigenvalue weighted by Crippen LogP contribution is 2.36. The lowest BCUT2D eigenvalue weighted by atomic mass is 9.85. The molecule has 0 spiro atoms. The van der Waals surface area contributed by atoms with Gasteiger partial charge in [-0.15, -0.1) is 0 Å². The van der Waals surface area contributed by atoms with Crippen LogP contribution in [-0.4, -0.2) is 41.8 Å². The van der Waals surface area contributed by atoms with Crippen LogP contribution in [0.5, 0.6) is 5.75 Å². The van der Waals surface area contributed by atoms with Crippen LogP contribution >= 0.6 is 0 Å². The smallest absolute Gasteiger partial charge is 0.119 e. The van der Waals surface area contributed by atoms with Gasteiger partial charge in [-0.05, 0) is 43.9 Å². The van der Waals surface area contributed by atoms with Gasteiger partial charge < -0.3 is 9.84 Å². The number of ether oxygens (including phenoxy) is 1. The molecule has 0 bridgehead atoms. The number of benzene rings is 1. The van der Waals surface area contributed by atoms with Crippen LogP contribution in [0.2, 0.25) is 0 Å². The van der Waals surface area contributed by atoms with Crippen molar-refractivity contribution in [3.05, 3.63) is 30.3 Å². The van der Waals surface area contributed by atoms with Crippen LogP contribution in [0.4, 0.5) is 0 Å². The second-order valence-electron chi connectivity index (χ2n) is 6.17. The van der Waals surface area contributed by atoms with E-state index in [0.29, 0.717) is 6.61 Å². The third kappa shape index (κ3) is 3.33. The number of hydrogen-bond acceptors (Lipinski definition) is 3. The summed E-state index contributed by atoms with van der Waals surface area (Å²) < 4.78 is 5.64. The van der Waals surface area contributed by atoms with Gasteiger partial charge in [-0.3, -0.25) is 4.90 Å². The summed E-state index contributed by atoms with van der Waals surface area (Å²) in [6.45, 7) is 2.30. The normalized spacial score (nSPS) is 28.1. The molecule has 2 fully saturated rings. The first-order chi connectivity index (χ1) is 9.83. The first-order valence-electron chi connectivity index (χ1n) is 7.93. The van der Waals surface area contributed by atoms with Crippen molar-refractivity contribution in [3.8, 4) is 5.75 Å². The number of β-amino-alcohol motifs (C(OH)–C–C–N with tert-alkyl or cyclic N) is 1. The van der Waals surface area contributed by atoms with Gasteiger partial charge in [-0.2, -0.15) is 0 Å². The third-order valence-corrected chi connectivity index (χ3v) is 4.76. The second kappa shape index (κ2) is 6.59. The van der Waals surface area contributed by atoms with Crippen LogP contribution in [0.15, 0.2) is 30.3 Å². The molecule has 0 amide bonds. The Bertz CT molecular complexity index is 409. The molecule has 110 valence electrons. The van der Waals surface area contributed by atoms with Gasteiger partial charge in [0, 0.05) is 12.6 Å². The predicted molar refractivity (Wildman–Crippen MR) is 79.9 cm³/mol. The highest BCUT2D eigenvalue weighted by atomic mass is 16.5. The lowest BCUT2D eigenvalue weighted by Crippen LogP contribution is -2.41. The van der Waals surface area contributed by atoms with Gasteiger partial charge in [0.05, 0.1) is 0 Å². The first kappa shape index (κ1) is 13.9. The molecule has 20 heavy (non-hydrogen) atoms. The molecule has 1 aromatic rings. The van der Waals surface area contributed by atoms with Gasteiger partial charge >= 0.3 is 0 Å². The number of fused-ring (bicyclic) bond motifs is 1. The average Bonchev–Trinajstić information content (AvgIpc) is 2.90. The number of likely N-dealkylation sites (tertiary alicyclic amines) is 1. The molecular weight excluding hydrogens is 250 g/mol. The van der Waals surface area contributed by atoms with Gasteiger partial charge in [-0.25, -0.2) is 0 Å². The Morgan fingerprint density at radius 2 is 1.95 bits per heavy atom. The zero-order chi connectivity index (χ0) is 13.8. The Morgan fingerprint density at radius 3 is 2.80 bits per heavy atom. The number of aliphatic hydroxyl groups is 1. The molecule has 1 heterocycles. The minimum absolute atomic E-state index is 0.387. The minimum atomic E-state index is -0.393. The van der Waals surface area contributed by atoms with Crippen molar-refractivity contribution in [1.82, 2.24) is 4.90 Å². The van der Waals surface area contributed by atoms with E-state index < -0.39 is 6.10 Å². The monoisotopic (exact) mass is 275 g/mol. The molecule has 1 saturated carbocycles. The molecule has 1 aliphatic carbocycles. The zero-order valence-corrected chi connectivity index (χ0v) is 12.1. The van der Waals surface area contributed by atoms with E-state index in [4.69, 9.17) is 4.74 Å². The molecule has 1 aliphatic heterocycles. The lowest BCUT2D eigenvalue weighted by molar-refractivity contribution is 0.0549. The largest absolute Gasteiger partial charge is 0.491 e. The summed E-state index contributed by atoms with van der Waals surface area (Å²) in [5.41, 5.74) is 0. The Morgan fingerprint density at radius 1 is 1.15 bits per heavy atom. The molecule has 3 nitrogen and oxygen atoms in total. The first-order valence-corrected chi connectivity index (χ1v) is 7.93. The maximum atomic E-state index is 10.2. The Labute approximate surface area is 121 Å². The van der Waals surface area contributed by atoms with Gasteiger partial charge in [0.25, 0.3) is 0 Å². The van der Waals surface area contributed by atoms with Crippen molar-refractivity contribution in [2.75, 3.05) is 19.7 Å². The standard InChI is InChI=1S/C17H25NO2/c19-15(13-20-16-7-2-1-3-8-16)12-18-11-10-14-6-4-5-9-17(14)18/h1-3,7-8,14-15,17,19H,4-6,9-13H2. The minimum Gasteiger partial charge on any atom is -0.491 e. The van der Waals surface area contributed by atoms with E-state index in [1.165, 1.54) is 32.1 Å². The topological polar surface area (TPSA) is 32.7 Å². The second-order valence-corrected chi connectivity index (χ2v) is 6.17. The van der Waals surface area contributed by atoms with Crippen LogP contribution in [0, 0.1) is 5.92 Å². The molecule has 1 N–H and O–H groups in total. The SMILES string of the molecule is OC(COc1ccccc1)CN1CCC2CCCCC21. The highest BCUT2D eigenvalue weighted by Gasteiger charge is 2.36. The molecular formula is C17H25NO2. The Hall–Kier alpha value is -1.06. The van der Waals surface area contributed by atoms with Gasteiger partial charge in [0.1, 0.15) is 18.5 Å². The van der Waals surface area contributed by atoms with Crippen LogP contribution in [-0.2, 0) is 0 Å². The lowest BCUT2D eigenvalue weighted by Gasteiger charge is -2.32. The van der Waals surface area contributed by atoms with E-state index in [9.17, 15) is 5.11 Å². The summed E-state index contributed by atoms with van der Waals surface area (Å²) in [6.07, 6.45) is 6.38. The molecule has 3 rings (SSSR count). The molecule has 3 heteroatoms. The third-order valence-electron chi connectivity index (χ3n) is 4.76. The van der Waals surface area contributed by atoms with Crippen molar-refractivity contribution in [2.24, 2.45) is 5.92 Å². The predicted octanol–water partition coefficient (Wildman–Crippen LogP) is 2.69. The number of para-hydroxylation sites is 1. The van der Waals surface area contributed by atoms with E-state index in [2.05, 4.69) is 4.90 Å².